The molecule has 2 aromatic heterocycles. The third-order valence-corrected chi connectivity index (χ3v) is 7.39. The molecule has 0 bridgehead atoms. The first-order valence-electron chi connectivity index (χ1n) is 10.7. The van der Waals surface area contributed by atoms with Crippen LogP contribution < -0.4 is 15.6 Å². The van der Waals surface area contributed by atoms with E-state index in [1.54, 1.807) is 39.2 Å². The minimum absolute atomic E-state index is 0.0835. The predicted molar refractivity (Wildman–Crippen MR) is 122 cm³/mol. The first-order chi connectivity index (χ1) is 15.3. The minimum atomic E-state index is -3.84. The summed E-state index contributed by atoms with van der Waals surface area (Å²) < 4.78 is 40.1. The van der Waals surface area contributed by atoms with Gasteiger partial charge in [0.25, 0.3) is 5.56 Å². The molecule has 1 fully saturated rings. The van der Waals surface area contributed by atoms with Gasteiger partial charge in [-0.3, -0.25) is 4.79 Å². The number of nitrogens with one attached hydrogen (secondary N) is 3. The third kappa shape index (κ3) is 4.43. The van der Waals surface area contributed by atoms with Crippen LogP contribution in [0.2, 0.25) is 0 Å². The van der Waals surface area contributed by atoms with Gasteiger partial charge in [0.2, 0.25) is 10.0 Å². The lowest BCUT2D eigenvalue weighted by molar-refractivity contribution is 0.211. The van der Waals surface area contributed by atoms with E-state index in [4.69, 9.17) is 9.26 Å². The van der Waals surface area contributed by atoms with Gasteiger partial charge in [-0.15, -0.1) is 0 Å². The van der Waals surface area contributed by atoms with Crippen LogP contribution in [0.25, 0.3) is 22.0 Å². The summed E-state index contributed by atoms with van der Waals surface area (Å²) in [6.07, 6.45) is 3.66. The molecule has 0 amide bonds. The van der Waals surface area contributed by atoms with Crippen LogP contribution in [0.3, 0.4) is 0 Å². The van der Waals surface area contributed by atoms with Gasteiger partial charge in [0.05, 0.1) is 22.7 Å². The second-order valence-electron chi connectivity index (χ2n) is 8.17. The Hall–Kier alpha value is -2.69. The zero-order valence-electron chi connectivity index (χ0n) is 18.4. The molecule has 2 heterocycles. The number of fused-ring (bicyclic) bond motifs is 1. The van der Waals surface area contributed by atoms with Crippen LogP contribution in [0.1, 0.15) is 37.1 Å². The molecule has 3 N–H and O–H groups in total. The third-order valence-electron chi connectivity index (χ3n) is 5.83. The maximum atomic E-state index is 13.5. The number of ether oxygens (including phenoxy) is 1. The fourth-order valence-electron chi connectivity index (χ4n) is 4.29. The van der Waals surface area contributed by atoms with Crippen molar-refractivity contribution in [1.29, 1.82) is 0 Å². The lowest BCUT2D eigenvalue weighted by Crippen LogP contribution is -2.33. The molecular weight excluding hydrogens is 432 g/mol. The largest absolute Gasteiger partial charge is 0.383 e. The predicted octanol–water partition coefficient (Wildman–Crippen LogP) is 3.08. The Bertz CT molecular complexity index is 1270. The lowest BCUT2D eigenvalue weighted by Gasteiger charge is -2.16. The van der Waals surface area contributed by atoms with Crippen LogP contribution in [0.4, 0.5) is 5.69 Å². The van der Waals surface area contributed by atoms with Gasteiger partial charge in [-0.2, -0.15) is 0 Å². The number of pyridine rings is 1. The number of H-pyrrole nitrogens is 1. The molecule has 32 heavy (non-hydrogen) atoms. The van der Waals surface area contributed by atoms with Crippen molar-refractivity contribution in [2.75, 3.05) is 25.6 Å². The Labute approximate surface area is 186 Å². The Balaban J connectivity index is 1.90. The van der Waals surface area contributed by atoms with E-state index in [0.717, 1.165) is 25.7 Å². The molecule has 9 nitrogen and oxygen atoms in total. The molecule has 0 aliphatic heterocycles. The Morgan fingerprint density at radius 3 is 2.62 bits per heavy atom. The summed E-state index contributed by atoms with van der Waals surface area (Å²) in [6.45, 7) is 4.41. The maximum absolute atomic E-state index is 13.5. The van der Waals surface area contributed by atoms with E-state index in [1.165, 1.54) is 0 Å². The standard InChI is InChI=1S/C22H28N4O5S/c1-13-21(14(2)31-25-13)15-10-18-17(12-19(22(27)24-18)23-8-9-30-3)20(11-15)32(28,29)26-16-6-4-5-7-16/h10-12,16,23,26H,4-9H2,1-3H3,(H,24,27). The summed E-state index contributed by atoms with van der Waals surface area (Å²) in [4.78, 5) is 15.6. The van der Waals surface area contributed by atoms with E-state index in [1.807, 2.05) is 0 Å². The quantitative estimate of drug-likeness (QED) is 0.441. The number of anilines is 1. The molecule has 3 aromatic rings. The summed E-state index contributed by atoms with van der Waals surface area (Å²) in [6, 6.07) is 4.89. The van der Waals surface area contributed by atoms with Crippen molar-refractivity contribution in [2.45, 2.75) is 50.5 Å². The molecular formula is C22H28N4O5S. The zero-order chi connectivity index (χ0) is 22.9. The van der Waals surface area contributed by atoms with E-state index >= 15 is 0 Å². The van der Waals surface area contributed by atoms with Gasteiger partial charge in [0, 0.05) is 30.6 Å². The highest BCUT2D eigenvalue weighted by Crippen LogP contribution is 2.34. The molecule has 0 radical (unpaired) electrons. The normalized spacial score (nSPS) is 15.0. The zero-order valence-corrected chi connectivity index (χ0v) is 19.3. The van der Waals surface area contributed by atoms with Crippen molar-refractivity contribution in [3.63, 3.8) is 0 Å². The van der Waals surface area contributed by atoms with Crippen molar-refractivity contribution in [3.8, 4) is 11.1 Å². The summed E-state index contributed by atoms with van der Waals surface area (Å²) in [7, 11) is -2.27. The fraction of sp³-hybridized carbons (Fsp3) is 0.455. The molecule has 1 saturated carbocycles. The van der Waals surface area contributed by atoms with Crippen molar-refractivity contribution in [3.05, 3.63) is 40.0 Å². The first-order valence-corrected chi connectivity index (χ1v) is 12.2. The van der Waals surface area contributed by atoms with Crippen LogP contribution in [0, 0.1) is 13.8 Å². The number of benzene rings is 1. The van der Waals surface area contributed by atoms with Crippen LogP contribution in [0.5, 0.6) is 0 Å². The first kappa shape index (κ1) is 22.5. The van der Waals surface area contributed by atoms with Gasteiger partial charge < -0.3 is 19.6 Å². The van der Waals surface area contributed by atoms with Gasteiger partial charge >= 0.3 is 0 Å². The highest BCUT2D eigenvalue weighted by Gasteiger charge is 2.26. The number of aromatic amines is 1. The lowest BCUT2D eigenvalue weighted by atomic mass is 10.0. The number of hydrogen-bond donors (Lipinski definition) is 3. The maximum Gasteiger partial charge on any atom is 0.271 e. The minimum Gasteiger partial charge on any atom is -0.383 e. The topological polar surface area (TPSA) is 126 Å². The van der Waals surface area contributed by atoms with Crippen molar-refractivity contribution in [1.82, 2.24) is 14.9 Å². The fourth-order valence-corrected chi connectivity index (χ4v) is 5.83. The molecule has 0 saturated heterocycles. The van der Waals surface area contributed by atoms with Crippen molar-refractivity contribution >= 4 is 26.6 Å². The van der Waals surface area contributed by atoms with Gasteiger partial charge in [-0.1, -0.05) is 18.0 Å². The molecule has 0 spiro atoms. The average molecular weight is 461 g/mol. The van der Waals surface area contributed by atoms with Crippen molar-refractivity contribution < 1.29 is 17.7 Å². The van der Waals surface area contributed by atoms with Gasteiger partial charge in [-0.25, -0.2) is 13.1 Å². The summed E-state index contributed by atoms with van der Waals surface area (Å²) in [5.41, 5.74) is 2.36. The molecule has 1 aliphatic rings. The Morgan fingerprint density at radius 2 is 1.97 bits per heavy atom. The number of aromatic nitrogens is 2. The van der Waals surface area contributed by atoms with Crippen LogP contribution >= 0.6 is 0 Å². The summed E-state index contributed by atoms with van der Waals surface area (Å²) in [5, 5.41) is 7.43. The molecule has 0 unspecified atom stereocenters. The van der Waals surface area contributed by atoms with E-state index in [2.05, 4.69) is 20.2 Å². The number of methoxy groups -OCH3 is 1. The second-order valence-corrected chi connectivity index (χ2v) is 9.85. The molecule has 10 heteroatoms. The number of hydrogen-bond acceptors (Lipinski definition) is 7. The number of nitrogens with zero attached hydrogens (tertiary/aromatic N) is 1. The summed E-state index contributed by atoms with van der Waals surface area (Å²) in [5.74, 6) is 0.578. The van der Waals surface area contributed by atoms with Gasteiger partial charge in [-0.05, 0) is 50.5 Å². The highest BCUT2D eigenvalue weighted by atomic mass is 32.2. The van der Waals surface area contributed by atoms with Crippen LogP contribution in [0.15, 0.2) is 32.4 Å². The highest BCUT2D eigenvalue weighted by molar-refractivity contribution is 7.89. The second kappa shape index (κ2) is 9.05. The average Bonchev–Trinajstić information content (AvgIpc) is 3.36. The van der Waals surface area contributed by atoms with E-state index in [-0.39, 0.29) is 22.2 Å². The molecule has 1 aliphatic carbocycles. The summed E-state index contributed by atoms with van der Waals surface area (Å²) >= 11 is 0. The van der Waals surface area contributed by atoms with E-state index in [0.29, 0.717) is 46.6 Å². The SMILES string of the molecule is COCCNc1cc2c(S(=O)(=O)NC3CCCC3)cc(-c3c(C)noc3C)cc2[nH]c1=O. The van der Waals surface area contributed by atoms with Gasteiger partial charge in [0.1, 0.15) is 11.4 Å². The Morgan fingerprint density at radius 1 is 1.22 bits per heavy atom. The van der Waals surface area contributed by atoms with Crippen LogP contribution in [-0.2, 0) is 14.8 Å². The smallest absolute Gasteiger partial charge is 0.271 e. The number of sulfonamides is 1. The van der Waals surface area contributed by atoms with Crippen LogP contribution in [-0.4, -0.2) is 44.9 Å². The number of aryl methyl sites for hydroxylation is 2. The molecule has 0 atom stereocenters. The van der Waals surface area contributed by atoms with E-state index < -0.39 is 10.0 Å². The number of rotatable bonds is 8. The van der Waals surface area contributed by atoms with Gasteiger partial charge in [0.15, 0.2) is 0 Å². The van der Waals surface area contributed by atoms with Crippen molar-refractivity contribution in [2.24, 2.45) is 0 Å². The molecule has 4 rings (SSSR count). The molecule has 172 valence electrons. The molecule has 1 aromatic carbocycles. The monoisotopic (exact) mass is 460 g/mol. The Kier molecular flexibility index (Phi) is 6.36. The van der Waals surface area contributed by atoms with E-state index in [9.17, 15) is 13.2 Å².